The Bertz CT molecular complexity index is 728. The third-order valence-electron chi connectivity index (χ3n) is 3.54. The number of hydrogen-bond acceptors (Lipinski definition) is 4. The lowest BCUT2D eigenvalue weighted by molar-refractivity contribution is -0.116. The lowest BCUT2D eigenvalue weighted by Gasteiger charge is -2.20. The van der Waals surface area contributed by atoms with E-state index in [-0.39, 0.29) is 11.3 Å². The molecule has 2 aromatic rings. The first-order valence-electron chi connectivity index (χ1n) is 8.02. The molecule has 0 aliphatic heterocycles. The molecule has 0 fully saturated rings. The number of rotatable bonds is 7. The molecule has 1 amide bonds. The average Bonchev–Trinajstić information content (AvgIpc) is 2.99. The molecule has 25 heavy (non-hydrogen) atoms. The van der Waals surface area contributed by atoms with E-state index in [1.807, 2.05) is 11.4 Å². The van der Waals surface area contributed by atoms with Gasteiger partial charge in [-0.25, -0.2) is 4.98 Å². The number of carbonyl (C=O) groups excluding carboxylic acids is 1. The fraction of sp³-hybridized carbons (Fsp3) is 0.444. The van der Waals surface area contributed by atoms with E-state index in [1.165, 1.54) is 16.9 Å². The number of alkyl halides is 1. The Hall–Kier alpha value is -1.11. The Morgan fingerprint density at radius 3 is 2.76 bits per heavy atom. The number of ether oxygens (including phenoxy) is 1. The Kier molecular flexibility index (Phi) is 7.28. The number of nitrogens with one attached hydrogen (secondary N) is 1. The van der Waals surface area contributed by atoms with Gasteiger partial charge in [-0.05, 0) is 45.5 Å². The molecular weight excluding hydrogens is 424 g/mol. The van der Waals surface area contributed by atoms with Gasteiger partial charge in [0.15, 0.2) is 5.13 Å². The van der Waals surface area contributed by atoms with Gasteiger partial charge < -0.3 is 10.1 Å². The van der Waals surface area contributed by atoms with E-state index in [0.717, 1.165) is 15.9 Å². The minimum absolute atomic E-state index is 0.0683. The van der Waals surface area contributed by atoms with E-state index in [1.54, 1.807) is 0 Å². The molecule has 4 nitrogen and oxygen atoms in total. The fourth-order valence-electron chi connectivity index (χ4n) is 2.11. The summed E-state index contributed by atoms with van der Waals surface area (Å²) >= 11 is 10.6. The van der Waals surface area contributed by atoms with Crippen LogP contribution in [-0.2, 0) is 16.1 Å². The minimum Gasteiger partial charge on any atom is -0.492 e. The van der Waals surface area contributed by atoms with Crippen molar-refractivity contribution in [3.63, 3.8) is 0 Å². The van der Waals surface area contributed by atoms with Gasteiger partial charge in [0.25, 0.3) is 0 Å². The van der Waals surface area contributed by atoms with Crippen LogP contribution in [0.2, 0.25) is 0 Å². The maximum absolute atomic E-state index is 11.9. The van der Waals surface area contributed by atoms with Crippen LogP contribution in [-0.4, -0.2) is 17.5 Å². The minimum atomic E-state index is -0.0683. The molecule has 1 aromatic heterocycles. The molecule has 0 bridgehead atoms. The summed E-state index contributed by atoms with van der Waals surface area (Å²) in [7, 11) is 0. The molecule has 0 radical (unpaired) electrons. The Labute approximate surface area is 166 Å². The Balaban J connectivity index is 1.76. The average molecular weight is 446 g/mol. The summed E-state index contributed by atoms with van der Waals surface area (Å²) in [5.74, 6) is 1.07. The predicted molar refractivity (Wildman–Crippen MR) is 108 cm³/mol. The highest BCUT2D eigenvalue weighted by molar-refractivity contribution is 9.10. The zero-order valence-electron chi connectivity index (χ0n) is 14.6. The van der Waals surface area contributed by atoms with Crippen LogP contribution in [0.25, 0.3) is 0 Å². The van der Waals surface area contributed by atoms with E-state index in [0.29, 0.717) is 30.5 Å². The van der Waals surface area contributed by atoms with Crippen molar-refractivity contribution < 1.29 is 9.53 Å². The number of amides is 1. The van der Waals surface area contributed by atoms with Crippen LogP contribution in [0.5, 0.6) is 5.75 Å². The van der Waals surface area contributed by atoms with Crippen LogP contribution in [0, 0.1) is 0 Å². The van der Waals surface area contributed by atoms with Gasteiger partial charge in [0, 0.05) is 11.8 Å². The molecule has 0 saturated carbocycles. The molecule has 1 aromatic carbocycles. The second-order valence-corrected chi connectivity index (χ2v) is 8.65. The van der Waals surface area contributed by atoms with Crippen molar-refractivity contribution in [2.75, 3.05) is 11.9 Å². The zero-order chi connectivity index (χ0) is 18.4. The summed E-state index contributed by atoms with van der Waals surface area (Å²) < 4.78 is 6.70. The molecule has 7 heteroatoms. The van der Waals surface area contributed by atoms with Crippen molar-refractivity contribution in [3.8, 4) is 5.75 Å². The van der Waals surface area contributed by atoms with Crippen molar-refractivity contribution >= 4 is 49.9 Å². The molecule has 0 aliphatic rings. The maximum Gasteiger partial charge on any atom is 0.226 e. The molecule has 2 rings (SSSR count). The van der Waals surface area contributed by atoms with E-state index in [2.05, 4.69) is 59.1 Å². The van der Waals surface area contributed by atoms with E-state index < -0.39 is 0 Å². The van der Waals surface area contributed by atoms with Crippen molar-refractivity contribution in [2.24, 2.45) is 0 Å². The maximum atomic E-state index is 11.9. The van der Waals surface area contributed by atoms with Gasteiger partial charge in [0.05, 0.1) is 22.7 Å². The fourth-order valence-corrected chi connectivity index (χ4v) is 3.55. The SMILES string of the molecule is CC(C)(C)c1ccc(OCCCC(=O)Nc2nc(CCl)cs2)c(Br)c1. The van der Waals surface area contributed by atoms with Gasteiger partial charge in [-0.2, -0.15) is 0 Å². The summed E-state index contributed by atoms with van der Waals surface area (Å²) in [5, 5.41) is 5.20. The second kappa shape index (κ2) is 9.01. The third kappa shape index (κ3) is 6.28. The zero-order valence-corrected chi connectivity index (χ0v) is 17.7. The highest BCUT2D eigenvalue weighted by Gasteiger charge is 2.15. The lowest BCUT2D eigenvalue weighted by Crippen LogP contribution is -2.13. The largest absolute Gasteiger partial charge is 0.492 e. The first-order valence-corrected chi connectivity index (χ1v) is 10.2. The molecular formula is C18H22BrClN2O2S. The van der Waals surface area contributed by atoms with Gasteiger partial charge in [0.2, 0.25) is 5.91 Å². The molecule has 0 aliphatic carbocycles. The first kappa shape index (κ1) is 20.2. The van der Waals surface area contributed by atoms with Crippen LogP contribution < -0.4 is 10.1 Å². The molecule has 0 unspecified atom stereocenters. The van der Waals surface area contributed by atoms with Crippen molar-refractivity contribution in [1.82, 2.24) is 4.98 Å². The molecule has 0 atom stereocenters. The topological polar surface area (TPSA) is 51.2 Å². The van der Waals surface area contributed by atoms with Crippen LogP contribution in [0.15, 0.2) is 28.1 Å². The summed E-state index contributed by atoms with van der Waals surface area (Å²) in [4.78, 5) is 16.1. The smallest absolute Gasteiger partial charge is 0.226 e. The van der Waals surface area contributed by atoms with Gasteiger partial charge in [-0.1, -0.05) is 26.8 Å². The number of benzene rings is 1. The summed E-state index contributed by atoms with van der Waals surface area (Å²) in [5.41, 5.74) is 2.11. The number of halogens is 2. The molecule has 0 spiro atoms. The van der Waals surface area contributed by atoms with E-state index in [9.17, 15) is 4.79 Å². The van der Waals surface area contributed by atoms with Crippen LogP contribution in [0.1, 0.15) is 44.9 Å². The Morgan fingerprint density at radius 2 is 2.16 bits per heavy atom. The van der Waals surface area contributed by atoms with Gasteiger partial charge >= 0.3 is 0 Å². The molecule has 0 saturated heterocycles. The van der Waals surface area contributed by atoms with Gasteiger partial charge in [-0.15, -0.1) is 22.9 Å². The van der Waals surface area contributed by atoms with Crippen molar-refractivity contribution in [3.05, 3.63) is 39.3 Å². The molecule has 1 N–H and O–H groups in total. The monoisotopic (exact) mass is 444 g/mol. The number of thiazole rings is 1. The number of aromatic nitrogens is 1. The second-order valence-electron chi connectivity index (χ2n) is 6.67. The van der Waals surface area contributed by atoms with Crippen LogP contribution >= 0.6 is 38.9 Å². The molecule has 136 valence electrons. The lowest BCUT2D eigenvalue weighted by atomic mass is 9.87. The predicted octanol–water partition coefficient (Wildman–Crippen LogP) is 5.74. The Morgan fingerprint density at radius 1 is 1.40 bits per heavy atom. The number of carbonyl (C=O) groups is 1. The summed E-state index contributed by atoms with van der Waals surface area (Å²) in [6, 6.07) is 6.12. The van der Waals surface area contributed by atoms with Gasteiger partial charge in [0.1, 0.15) is 5.75 Å². The quantitative estimate of drug-likeness (QED) is 0.437. The normalized spacial score (nSPS) is 11.4. The first-order chi connectivity index (χ1) is 11.8. The van der Waals surface area contributed by atoms with Gasteiger partial charge in [-0.3, -0.25) is 4.79 Å². The van der Waals surface area contributed by atoms with Crippen molar-refractivity contribution in [2.45, 2.75) is 44.9 Å². The number of anilines is 1. The summed E-state index contributed by atoms with van der Waals surface area (Å²) in [6.45, 7) is 7.00. The number of nitrogens with zero attached hydrogens (tertiary/aromatic N) is 1. The van der Waals surface area contributed by atoms with Crippen LogP contribution in [0.3, 0.4) is 0 Å². The van der Waals surface area contributed by atoms with E-state index >= 15 is 0 Å². The van der Waals surface area contributed by atoms with E-state index in [4.69, 9.17) is 16.3 Å². The molecule has 1 heterocycles. The highest BCUT2D eigenvalue weighted by atomic mass is 79.9. The third-order valence-corrected chi connectivity index (χ3v) is 5.24. The van der Waals surface area contributed by atoms with Crippen molar-refractivity contribution in [1.29, 1.82) is 0 Å². The number of hydrogen-bond donors (Lipinski definition) is 1. The van der Waals surface area contributed by atoms with Crippen LogP contribution in [0.4, 0.5) is 5.13 Å². The standard InChI is InChI=1S/C18H22BrClN2O2S/c1-18(2,3)12-6-7-15(14(19)9-12)24-8-4-5-16(23)22-17-21-13(10-20)11-25-17/h6-7,9,11H,4-5,8,10H2,1-3H3,(H,21,22,23). The highest BCUT2D eigenvalue weighted by Crippen LogP contribution is 2.31. The summed E-state index contributed by atoms with van der Waals surface area (Å²) in [6.07, 6.45) is 1.01.